The molecule has 0 N–H and O–H groups in total. The maximum Gasteiger partial charge on any atom is 0.276 e. The van der Waals surface area contributed by atoms with E-state index in [2.05, 4.69) is 10.3 Å². The van der Waals surface area contributed by atoms with Gasteiger partial charge in [-0.1, -0.05) is 35.5 Å². The molecule has 10 heteroatoms. The Labute approximate surface area is 203 Å². The molecule has 0 aliphatic carbocycles. The molecule has 1 fully saturated rings. The zero-order valence-electron chi connectivity index (χ0n) is 19.8. The fourth-order valence-corrected chi connectivity index (χ4v) is 3.97. The SMILES string of the molecule is CN(Cc1ccccc1)C(=O)C[C@@]1(COc2ccc(F)cc2)CN(C(=O)c2cn(C)nn2)CCO1. The van der Waals surface area contributed by atoms with Gasteiger partial charge < -0.3 is 19.3 Å². The second-order valence-electron chi connectivity index (χ2n) is 8.69. The van der Waals surface area contributed by atoms with Gasteiger partial charge in [-0.25, -0.2) is 4.39 Å². The van der Waals surface area contributed by atoms with Gasteiger partial charge in [-0.15, -0.1) is 5.10 Å². The first kappa shape index (κ1) is 24.3. The van der Waals surface area contributed by atoms with E-state index in [1.165, 1.54) is 28.9 Å². The molecular weight excluding hydrogens is 453 g/mol. The van der Waals surface area contributed by atoms with Crippen molar-refractivity contribution >= 4 is 11.8 Å². The molecule has 0 unspecified atom stereocenters. The quantitative estimate of drug-likeness (QED) is 0.491. The van der Waals surface area contributed by atoms with Gasteiger partial charge in [-0.05, 0) is 29.8 Å². The fourth-order valence-electron chi connectivity index (χ4n) is 3.97. The number of hydrogen-bond donors (Lipinski definition) is 0. The smallest absolute Gasteiger partial charge is 0.276 e. The topological polar surface area (TPSA) is 89.8 Å². The standard InChI is InChI=1S/C25H28FN5O4/c1-29(15-19-6-4-3-5-7-19)23(32)14-25(18-34-21-10-8-20(26)9-11-21)17-31(12-13-35-25)24(33)22-16-30(2)28-27-22/h3-11,16H,12-15,17-18H2,1-2H3/t25-/m0/s1. The molecule has 0 saturated carbocycles. The molecule has 1 aliphatic rings. The van der Waals surface area contributed by atoms with E-state index in [0.717, 1.165) is 5.56 Å². The van der Waals surface area contributed by atoms with Gasteiger partial charge in [0.05, 0.1) is 25.8 Å². The number of carbonyl (C=O) groups is 2. The average Bonchev–Trinajstić information content (AvgIpc) is 3.30. The third-order valence-corrected chi connectivity index (χ3v) is 5.83. The van der Waals surface area contributed by atoms with Crippen molar-refractivity contribution in [1.29, 1.82) is 0 Å². The average molecular weight is 482 g/mol. The number of morpholine rings is 1. The van der Waals surface area contributed by atoms with Crippen LogP contribution >= 0.6 is 0 Å². The normalized spacial score (nSPS) is 17.7. The second kappa shape index (κ2) is 10.6. The molecule has 0 radical (unpaired) electrons. The maximum absolute atomic E-state index is 13.3. The van der Waals surface area contributed by atoms with E-state index in [1.807, 2.05) is 30.3 Å². The number of halogens is 1. The molecule has 0 spiro atoms. The molecule has 2 aromatic carbocycles. The van der Waals surface area contributed by atoms with Gasteiger partial charge in [0.2, 0.25) is 5.91 Å². The number of amides is 2. The van der Waals surface area contributed by atoms with E-state index in [4.69, 9.17) is 9.47 Å². The number of hydrogen-bond acceptors (Lipinski definition) is 6. The van der Waals surface area contributed by atoms with Gasteiger partial charge in [-0.3, -0.25) is 14.3 Å². The number of benzene rings is 2. The van der Waals surface area contributed by atoms with Gasteiger partial charge in [0.25, 0.3) is 5.91 Å². The lowest BCUT2D eigenvalue weighted by Gasteiger charge is -2.42. The highest BCUT2D eigenvalue weighted by Crippen LogP contribution is 2.26. The van der Waals surface area contributed by atoms with E-state index < -0.39 is 5.60 Å². The molecule has 4 rings (SSSR count). The van der Waals surface area contributed by atoms with Crippen LogP contribution in [0.15, 0.2) is 60.8 Å². The van der Waals surface area contributed by atoms with Crippen LogP contribution in [-0.2, 0) is 23.1 Å². The Morgan fingerprint density at radius 2 is 1.91 bits per heavy atom. The number of carbonyl (C=O) groups excluding carboxylic acids is 2. The van der Waals surface area contributed by atoms with Crippen LogP contribution in [-0.4, -0.2) is 75.6 Å². The van der Waals surface area contributed by atoms with Gasteiger partial charge in [0, 0.05) is 27.2 Å². The third kappa shape index (κ3) is 6.21. The molecule has 3 aromatic rings. The number of aromatic nitrogens is 3. The summed E-state index contributed by atoms with van der Waals surface area (Å²) in [6, 6.07) is 15.3. The van der Waals surface area contributed by atoms with E-state index in [1.54, 1.807) is 30.1 Å². The monoisotopic (exact) mass is 481 g/mol. The summed E-state index contributed by atoms with van der Waals surface area (Å²) in [6.07, 6.45) is 1.55. The number of rotatable bonds is 8. The zero-order valence-corrected chi connectivity index (χ0v) is 19.8. The molecule has 2 heterocycles. The first-order chi connectivity index (χ1) is 16.8. The lowest BCUT2D eigenvalue weighted by atomic mass is 9.96. The minimum Gasteiger partial charge on any atom is -0.490 e. The predicted octanol–water partition coefficient (Wildman–Crippen LogP) is 2.29. The van der Waals surface area contributed by atoms with Crippen LogP contribution in [0.4, 0.5) is 4.39 Å². The lowest BCUT2D eigenvalue weighted by molar-refractivity contribution is -0.152. The van der Waals surface area contributed by atoms with Crippen LogP contribution in [0.5, 0.6) is 5.75 Å². The molecule has 1 saturated heterocycles. The molecule has 184 valence electrons. The first-order valence-electron chi connectivity index (χ1n) is 11.3. The van der Waals surface area contributed by atoms with Crippen LogP contribution < -0.4 is 4.74 Å². The Morgan fingerprint density at radius 1 is 1.17 bits per heavy atom. The van der Waals surface area contributed by atoms with Crippen molar-refractivity contribution < 1.29 is 23.5 Å². The highest BCUT2D eigenvalue weighted by molar-refractivity contribution is 5.92. The Morgan fingerprint density at radius 3 is 2.60 bits per heavy atom. The van der Waals surface area contributed by atoms with Gasteiger partial charge in [0.15, 0.2) is 5.69 Å². The summed E-state index contributed by atoms with van der Waals surface area (Å²) in [5.74, 6) is -0.376. The van der Waals surface area contributed by atoms with E-state index in [-0.39, 0.29) is 49.5 Å². The highest BCUT2D eigenvalue weighted by Gasteiger charge is 2.42. The van der Waals surface area contributed by atoms with Crippen LogP contribution in [0.1, 0.15) is 22.5 Å². The first-order valence-corrected chi connectivity index (χ1v) is 11.3. The van der Waals surface area contributed by atoms with Gasteiger partial charge in [0.1, 0.15) is 23.8 Å². The number of ether oxygens (including phenoxy) is 2. The Hall–Kier alpha value is -3.79. The molecule has 2 amide bonds. The fraction of sp³-hybridized carbons (Fsp3) is 0.360. The van der Waals surface area contributed by atoms with E-state index in [9.17, 15) is 14.0 Å². The van der Waals surface area contributed by atoms with Crippen LogP contribution in [0.25, 0.3) is 0 Å². The molecule has 1 aliphatic heterocycles. The van der Waals surface area contributed by atoms with Crippen molar-refractivity contribution in [2.75, 3.05) is 33.4 Å². The molecule has 9 nitrogen and oxygen atoms in total. The highest BCUT2D eigenvalue weighted by atomic mass is 19.1. The minimum atomic E-state index is -1.09. The van der Waals surface area contributed by atoms with Gasteiger partial charge in [-0.2, -0.15) is 0 Å². The van der Waals surface area contributed by atoms with Crippen molar-refractivity contribution in [2.45, 2.75) is 18.6 Å². The Bertz CT molecular complexity index is 1150. The summed E-state index contributed by atoms with van der Waals surface area (Å²) in [5, 5.41) is 7.75. The summed E-state index contributed by atoms with van der Waals surface area (Å²) in [7, 11) is 3.42. The Kier molecular flexibility index (Phi) is 7.40. The van der Waals surface area contributed by atoms with Crippen molar-refractivity contribution in [3.63, 3.8) is 0 Å². The predicted molar refractivity (Wildman–Crippen MR) is 125 cm³/mol. The number of nitrogens with zero attached hydrogens (tertiary/aromatic N) is 5. The molecule has 35 heavy (non-hydrogen) atoms. The van der Waals surface area contributed by atoms with Gasteiger partial charge >= 0.3 is 0 Å². The third-order valence-electron chi connectivity index (χ3n) is 5.83. The van der Waals surface area contributed by atoms with Crippen molar-refractivity contribution in [3.05, 3.63) is 77.9 Å². The molecule has 1 atom stereocenters. The summed E-state index contributed by atoms with van der Waals surface area (Å²) >= 11 is 0. The molecule has 0 bridgehead atoms. The maximum atomic E-state index is 13.3. The summed E-state index contributed by atoms with van der Waals surface area (Å²) in [5.41, 5.74) is 0.131. The largest absolute Gasteiger partial charge is 0.490 e. The van der Waals surface area contributed by atoms with Crippen molar-refractivity contribution in [3.8, 4) is 5.75 Å². The molecule has 1 aromatic heterocycles. The minimum absolute atomic E-state index is 0.00176. The molecular formula is C25H28FN5O4. The summed E-state index contributed by atoms with van der Waals surface area (Å²) in [6.45, 7) is 1.16. The second-order valence-corrected chi connectivity index (χ2v) is 8.69. The van der Waals surface area contributed by atoms with Crippen LogP contribution in [0.2, 0.25) is 0 Å². The zero-order chi connectivity index (χ0) is 24.8. The van der Waals surface area contributed by atoms with Crippen LogP contribution in [0.3, 0.4) is 0 Å². The van der Waals surface area contributed by atoms with Crippen molar-refractivity contribution in [2.24, 2.45) is 7.05 Å². The van der Waals surface area contributed by atoms with Crippen LogP contribution in [0, 0.1) is 5.82 Å². The van der Waals surface area contributed by atoms with Crippen molar-refractivity contribution in [1.82, 2.24) is 24.8 Å². The number of aryl methyl sites for hydroxylation is 1. The summed E-state index contributed by atoms with van der Waals surface area (Å²) in [4.78, 5) is 29.5. The van der Waals surface area contributed by atoms with E-state index >= 15 is 0 Å². The summed E-state index contributed by atoms with van der Waals surface area (Å²) < 4.78 is 26.8. The van der Waals surface area contributed by atoms with E-state index in [0.29, 0.717) is 18.8 Å². The Balaban J connectivity index is 1.51. The lowest BCUT2D eigenvalue weighted by Crippen LogP contribution is -2.58.